The number of amides is 1. The number of nitrogens with zero attached hydrogens (tertiary/aromatic N) is 3. The van der Waals surface area contributed by atoms with Crippen LogP contribution in [0, 0.1) is 0 Å². The molecule has 6 heteroatoms. The average molecular weight is 320 g/mol. The predicted molar refractivity (Wildman–Crippen MR) is 89.2 cm³/mol. The van der Waals surface area contributed by atoms with Crippen LogP contribution in [0.2, 0.25) is 0 Å². The van der Waals surface area contributed by atoms with Gasteiger partial charge in [0.05, 0.1) is 6.26 Å². The number of piperazine rings is 2. The highest BCUT2D eigenvalue weighted by atomic mass is 16.3. The molecule has 2 fully saturated rings. The van der Waals surface area contributed by atoms with Gasteiger partial charge in [0.15, 0.2) is 0 Å². The Kier molecular flexibility index (Phi) is 5.35. The minimum atomic E-state index is -0.291. The molecule has 2 atom stereocenters. The first-order valence-corrected chi connectivity index (χ1v) is 8.68. The molecule has 2 unspecified atom stereocenters. The van der Waals surface area contributed by atoms with Crippen molar-refractivity contribution < 1.29 is 9.21 Å². The maximum Gasteiger partial charge on any atom is 0.247 e. The lowest BCUT2D eigenvalue weighted by Gasteiger charge is -2.42. The highest BCUT2D eigenvalue weighted by Crippen LogP contribution is 2.28. The normalized spacial score (nSPS) is 25.5. The van der Waals surface area contributed by atoms with Crippen LogP contribution in [-0.4, -0.2) is 79.5 Å². The van der Waals surface area contributed by atoms with Gasteiger partial charge in [0.25, 0.3) is 0 Å². The van der Waals surface area contributed by atoms with Crippen molar-refractivity contribution >= 4 is 5.91 Å². The van der Waals surface area contributed by atoms with Crippen molar-refractivity contribution in [1.29, 1.82) is 0 Å². The molecule has 0 bridgehead atoms. The van der Waals surface area contributed by atoms with Crippen molar-refractivity contribution in [3.63, 3.8) is 0 Å². The number of rotatable bonds is 4. The lowest BCUT2D eigenvalue weighted by Crippen LogP contribution is -2.57. The monoisotopic (exact) mass is 320 g/mol. The highest BCUT2D eigenvalue weighted by Gasteiger charge is 2.38. The van der Waals surface area contributed by atoms with Gasteiger partial charge in [-0.05, 0) is 25.6 Å². The predicted octanol–water partition coefficient (Wildman–Crippen LogP) is 0.779. The van der Waals surface area contributed by atoms with E-state index in [0.29, 0.717) is 6.04 Å². The number of carbonyl (C=O) groups excluding carboxylic acids is 1. The van der Waals surface area contributed by atoms with Crippen LogP contribution in [0.5, 0.6) is 0 Å². The maximum atomic E-state index is 13.2. The molecule has 0 saturated carbocycles. The topological polar surface area (TPSA) is 52.0 Å². The summed E-state index contributed by atoms with van der Waals surface area (Å²) in [6.07, 6.45) is 2.70. The smallest absolute Gasteiger partial charge is 0.247 e. The minimum Gasteiger partial charge on any atom is -0.467 e. The van der Waals surface area contributed by atoms with Gasteiger partial charge in [-0.3, -0.25) is 9.69 Å². The van der Waals surface area contributed by atoms with Crippen LogP contribution < -0.4 is 5.32 Å². The molecule has 1 aromatic rings. The summed E-state index contributed by atoms with van der Waals surface area (Å²) in [6, 6.07) is 3.89. The molecule has 23 heavy (non-hydrogen) atoms. The fourth-order valence-electron chi connectivity index (χ4n) is 3.57. The molecule has 2 aliphatic heterocycles. The summed E-state index contributed by atoms with van der Waals surface area (Å²) in [4.78, 5) is 19.8. The molecule has 2 aliphatic rings. The molecule has 1 amide bonds. The molecule has 0 aromatic carbocycles. The van der Waals surface area contributed by atoms with Crippen molar-refractivity contribution in [3.05, 3.63) is 24.2 Å². The Morgan fingerprint density at radius 3 is 2.78 bits per heavy atom. The van der Waals surface area contributed by atoms with Gasteiger partial charge in [0.2, 0.25) is 5.91 Å². The Labute approximate surface area is 138 Å². The first-order chi connectivity index (χ1) is 11.2. The zero-order chi connectivity index (χ0) is 16.2. The molecule has 3 heterocycles. The minimum absolute atomic E-state index is 0.188. The Bertz CT molecular complexity index is 497. The van der Waals surface area contributed by atoms with E-state index in [9.17, 15) is 4.79 Å². The van der Waals surface area contributed by atoms with Gasteiger partial charge in [0.1, 0.15) is 11.8 Å². The summed E-state index contributed by atoms with van der Waals surface area (Å²) in [5.74, 6) is 0.961. The molecule has 2 saturated heterocycles. The summed E-state index contributed by atoms with van der Waals surface area (Å²) in [7, 11) is 2.11. The van der Waals surface area contributed by atoms with Crippen molar-refractivity contribution in [2.24, 2.45) is 0 Å². The van der Waals surface area contributed by atoms with E-state index in [1.165, 1.54) is 0 Å². The summed E-state index contributed by atoms with van der Waals surface area (Å²) in [5.41, 5.74) is 0. The van der Waals surface area contributed by atoms with E-state index in [1.807, 2.05) is 17.0 Å². The van der Waals surface area contributed by atoms with E-state index in [4.69, 9.17) is 4.42 Å². The quantitative estimate of drug-likeness (QED) is 0.888. The van der Waals surface area contributed by atoms with Gasteiger partial charge in [-0.15, -0.1) is 0 Å². The van der Waals surface area contributed by atoms with Crippen molar-refractivity contribution in [1.82, 2.24) is 20.0 Å². The number of nitrogens with one attached hydrogen (secondary N) is 1. The second-order valence-corrected chi connectivity index (χ2v) is 6.55. The summed E-state index contributed by atoms with van der Waals surface area (Å²) >= 11 is 0. The summed E-state index contributed by atoms with van der Waals surface area (Å²) in [5, 5.41) is 3.44. The fraction of sp³-hybridized carbons (Fsp3) is 0.706. The maximum absolute atomic E-state index is 13.2. The largest absolute Gasteiger partial charge is 0.467 e. The molecule has 6 nitrogen and oxygen atoms in total. The van der Waals surface area contributed by atoms with Gasteiger partial charge in [0, 0.05) is 51.9 Å². The Morgan fingerprint density at radius 2 is 2.13 bits per heavy atom. The fourth-order valence-corrected chi connectivity index (χ4v) is 3.57. The molecule has 1 N–H and O–H groups in total. The van der Waals surface area contributed by atoms with Crippen LogP contribution in [-0.2, 0) is 4.79 Å². The molecule has 1 aromatic heterocycles. The second-order valence-electron chi connectivity index (χ2n) is 6.55. The van der Waals surface area contributed by atoms with E-state index in [1.54, 1.807) is 6.26 Å². The zero-order valence-electron chi connectivity index (χ0n) is 14.2. The molecular weight excluding hydrogens is 292 g/mol. The van der Waals surface area contributed by atoms with Crippen LogP contribution in [0.15, 0.2) is 22.8 Å². The summed E-state index contributed by atoms with van der Waals surface area (Å²) < 4.78 is 5.65. The zero-order valence-corrected chi connectivity index (χ0v) is 14.2. The number of likely N-dealkylation sites (N-methyl/N-ethyl adjacent to an activating group) is 1. The standard InChI is InChI=1S/C17H28N4O2/c1-3-14-13-18-6-7-21(14)16(15-5-4-12-23-15)17(22)20-10-8-19(2)9-11-20/h4-5,12,14,16,18H,3,6-11,13H2,1-2H3. The van der Waals surface area contributed by atoms with E-state index in [0.717, 1.165) is 58.0 Å². The lowest BCUT2D eigenvalue weighted by atomic mass is 10.0. The molecule has 3 rings (SSSR count). The van der Waals surface area contributed by atoms with Crippen LogP contribution in [0.3, 0.4) is 0 Å². The third-order valence-electron chi connectivity index (χ3n) is 5.06. The van der Waals surface area contributed by atoms with Gasteiger partial charge in [-0.25, -0.2) is 0 Å². The van der Waals surface area contributed by atoms with Crippen molar-refractivity contribution in [2.45, 2.75) is 25.4 Å². The van der Waals surface area contributed by atoms with Crippen LogP contribution >= 0.6 is 0 Å². The van der Waals surface area contributed by atoms with Gasteiger partial charge in [-0.1, -0.05) is 6.92 Å². The van der Waals surface area contributed by atoms with Crippen molar-refractivity contribution in [3.8, 4) is 0 Å². The highest BCUT2D eigenvalue weighted by molar-refractivity contribution is 5.83. The number of furan rings is 1. The number of hydrogen-bond acceptors (Lipinski definition) is 5. The molecule has 128 valence electrons. The Hall–Kier alpha value is -1.37. The number of carbonyl (C=O) groups is 1. The lowest BCUT2D eigenvalue weighted by molar-refractivity contribution is -0.141. The third-order valence-corrected chi connectivity index (χ3v) is 5.06. The Balaban J connectivity index is 1.82. The molecule has 0 spiro atoms. The summed E-state index contributed by atoms with van der Waals surface area (Å²) in [6.45, 7) is 8.40. The number of hydrogen-bond donors (Lipinski definition) is 1. The van der Waals surface area contributed by atoms with E-state index in [-0.39, 0.29) is 11.9 Å². The van der Waals surface area contributed by atoms with Crippen LogP contribution in [0.25, 0.3) is 0 Å². The molecule has 0 aliphatic carbocycles. The van der Waals surface area contributed by atoms with Crippen molar-refractivity contribution in [2.75, 3.05) is 52.9 Å². The van der Waals surface area contributed by atoms with Crippen LogP contribution in [0.4, 0.5) is 0 Å². The molecular formula is C17H28N4O2. The first kappa shape index (κ1) is 16.5. The molecule has 0 radical (unpaired) electrons. The Morgan fingerprint density at radius 1 is 1.35 bits per heavy atom. The average Bonchev–Trinajstić information content (AvgIpc) is 3.10. The SMILES string of the molecule is CCC1CNCCN1C(C(=O)N1CCN(C)CC1)c1ccco1. The van der Waals surface area contributed by atoms with Gasteiger partial charge in [-0.2, -0.15) is 0 Å². The van der Waals surface area contributed by atoms with Gasteiger partial charge < -0.3 is 19.5 Å². The third kappa shape index (κ3) is 3.59. The first-order valence-electron chi connectivity index (χ1n) is 8.68. The second kappa shape index (κ2) is 7.47. The van der Waals surface area contributed by atoms with E-state index >= 15 is 0 Å². The van der Waals surface area contributed by atoms with Crippen LogP contribution in [0.1, 0.15) is 25.1 Å². The van der Waals surface area contributed by atoms with Gasteiger partial charge >= 0.3 is 0 Å². The van der Waals surface area contributed by atoms with E-state index < -0.39 is 0 Å². The van der Waals surface area contributed by atoms with E-state index in [2.05, 4.69) is 29.1 Å².